The Labute approximate surface area is 103 Å². The predicted octanol–water partition coefficient (Wildman–Crippen LogP) is -0.104. The van der Waals surface area contributed by atoms with Crippen LogP contribution in [0, 0.1) is 0 Å². The highest BCUT2D eigenvalue weighted by molar-refractivity contribution is 5.91. The number of nitrogens with zero attached hydrogens (tertiary/aromatic N) is 2. The van der Waals surface area contributed by atoms with Gasteiger partial charge in [-0.2, -0.15) is 4.98 Å². The van der Waals surface area contributed by atoms with Crippen molar-refractivity contribution < 1.29 is 14.3 Å². The Morgan fingerprint density at radius 3 is 3.11 bits per heavy atom. The summed E-state index contributed by atoms with van der Waals surface area (Å²) < 4.78 is 10.6. The second-order valence-electron chi connectivity index (χ2n) is 3.93. The number of amides is 2. The Morgan fingerprint density at radius 2 is 2.28 bits per heavy atom. The van der Waals surface area contributed by atoms with Gasteiger partial charge in [-0.15, -0.1) is 0 Å². The summed E-state index contributed by atoms with van der Waals surface area (Å²) in [7, 11) is 0. The minimum atomic E-state index is -0.263. The van der Waals surface area contributed by atoms with Crippen LogP contribution in [0.4, 0.5) is 16.6 Å². The average molecular weight is 251 g/mol. The lowest BCUT2D eigenvalue weighted by molar-refractivity contribution is -0.0300. The molecule has 1 saturated heterocycles. The molecule has 2 aliphatic heterocycles. The number of hydrogen-bond acceptors (Lipinski definition) is 6. The van der Waals surface area contributed by atoms with Crippen LogP contribution in [0.1, 0.15) is 5.56 Å². The maximum Gasteiger partial charge on any atom is 0.320 e. The van der Waals surface area contributed by atoms with Crippen molar-refractivity contribution in [1.29, 1.82) is 0 Å². The van der Waals surface area contributed by atoms with Gasteiger partial charge in [0.2, 0.25) is 5.95 Å². The van der Waals surface area contributed by atoms with Crippen molar-refractivity contribution in [3.63, 3.8) is 0 Å². The third kappa shape index (κ3) is 2.34. The summed E-state index contributed by atoms with van der Waals surface area (Å²) in [5.41, 5.74) is 0.855. The highest BCUT2D eigenvalue weighted by Gasteiger charge is 2.18. The molecule has 0 unspecified atom stereocenters. The highest BCUT2D eigenvalue weighted by Crippen LogP contribution is 2.16. The van der Waals surface area contributed by atoms with Crippen LogP contribution in [0.3, 0.4) is 0 Å². The molecule has 1 aromatic rings. The first-order chi connectivity index (χ1) is 8.81. The Bertz CT molecular complexity index is 461. The van der Waals surface area contributed by atoms with Gasteiger partial charge in [-0.3, -0.25) is 5.32 Å². The predicted molar refractivity (Wildman–Crippen MR) is 62.1 cm³/mol. The van der Waals surface area contributed by atoms with Crippen molar-refractivity contribution in [3.8, 4) is 0 Å². The standard InChI is InChI=1S/C10H13N5O3/c16-10-13-4-6-3-11-9(14-8(6)15-10)12-5-7-17-1-2-18-7/h3,7H,1-2,4-5H2,(H3,11,12,13,14,15,16). The van der Waals surface area contributed by atoms with Crippen LogP contribution in [0.2, 0.25) is 0 Å². The molecule has 3 heterocycles. The van der Waals surface area contributed by atoms with E-state index in [2.05, 4.69) is 25.9 Å². The number of aromatic nitrogens is 2. The number of fused-ring (bicyclic) bond motifs is 1. The summed E-state index contributed by atoms with van der Waals surface area (Å²) in [4.78, 5) is 19.5. The van der Waals surface area contributed by atoms with Gasteiger partial charge >= 0.3 is 6.03 Å². The molecule has 3 N–H and O–H groups in total. The molecular weight excluding hydrogens is 238 g/mol. The Hall–Kier alpha value is -1.93. The maximum absolute atomic E-state index is 11.2. The van der Waals surface area contributed by atoms with Crippen LogP contribution in [-0.4, -0.2) is 42.0 Å². The smallest absolute Gasteiger partial charge is 0.320 e. The van der Waals surface area contributed by atoms with E-state index >= 15 is 0 Å². The van der Waals surface area contributed by atoms with Gasteiger partial charge in [0.05, 0.1) is 19.8 Å². The van der Waals surface area contributed by atoms with Crippen LogP contribution >= 0.6 is 0 Å². The molecule has 0 aliphatic carbocycles. The first-order valence-corrected chi connectivity index (χ1v) is 5.69. The summed E-state index contributed by atoms with van der Waals surface area (Å²) in [5.74, 6) is 0.972. The fourth-order valence-electron chi connectivity index (χ4n) is 1.76. The molecule has 1 fully saturated rings. The van der Waals surface area contributed by atoms with Crippen LogP contribution in [0.5, 0.6) is 0 Å². The van der Waals surface area contributed by atoms with Gasteiger partial charge in [-0.05, 0) is 0 Å². The van der Waals surface area contributed by atoms with Crippen LogP contribution in [-0.2, 0) is 16.0 Å². The zero-order valence-corrected chi connectivity index (χ0v) is 9.60. The summed E-state index contributed by atoms with van der Waals surface area (Å²) in [6, 6.07) is -0.255. The number of urea groups is 1. The van der Waals surface area contributed by atoms with E-state index in [1.54, 1.807) is 6.20 Å². The van der Waals surface area contributed by atoms with Crippen LogP contribution in [0.25, 0.3) is 0 Å². The van der Waals surface area contributed by atoms with E-state index in [9.17, 15) is 4.79 Å². The second kappa shape index (κ2) is 4.75. The van der Waals surface area contributed by atoms with Gasteiger partial charge < -0.3 is 20.1 Å². The lowest BCUT2D eigenvalue weighted by atomic mass is 10.3. The van der Waals surface area contributed by atoms with E-state index < -0.39 is 0 Å². The monoisotopic (exact) mass is 251 g/mol. The number of carbonyl (C=O) groups is 1. The van der Waals surface area contributed by atoms with Crippen molar-refractivity contribution in [2.45, 2.75) is 12.8 Å². The quantitative estimate of drug-likeness (QED) is 0.694. The Kier molecular flexibility index (Phi) is 2.95. The number of nitrogens with one attached hydrogen (secondary N) is 3. The van der Waals surface area contributed by atoms with E-state index in [1.165, 1.54) is 0 Å². The molecule has 8 nitrogen and oxygen atoms in total. The average Bonchev–Trinajstić information content (AvgIpc) is 2.89. The van der Waals surface area contributed by atoms with Gasteiger partial charge in [-0.25, -0.2) is 9.78 Å². The molecular formula is C10H13N5O3. The number of rotatable bonds is 3. The van der Waals surface area contributed by atoms with Crippen LogP contribution in [0.15, 0.2) is 6.20 Å². The van der Waals surface area contributed by atoms with E-state index in [0.29, 0.717) is 38.1 Å². The first-order valence-electron chi connectivity index (χ1n) is 5.69. The molecule has 0 radical (unpaired) electrons. The zero-order valence-electron chi connectivity index (χ0n) is 9.60. The normalized spacial score (nSPS) is 19.0. The molecule has 96 valence electrons. The Morgan fingerprint density at radius 1 is 1.44 bits per heavy atom. The molecule has 0 atom stereocenters. The van der Waals surface area contributed by atoms with Crippen molar-refractivity contribution in [2.75, 3.05) is 30.4 Å². The van der Waals surface area contributed by atoms with Gasteiger partial charge in [0.25, 0.3) is 0 Å². The lowest BCUT2D eigenvalue weighted by Crippen LogP contribution is -2.34. The minimum absolute atomic E-state index is 0.255. The van der Waals surface area contributed by atoms with Gasteiger partial charge in [0.15, 0.2) is 6.29 Å². The first kappa shape index (κ1) is 11.2. The molecule has 0 aromatic carbocycles. The fraction of sp³-hybridized carbons (Fsp3) is 0.500. The Balaban J connectivity index is 1.65. The van der Waals surface area contributed by atoms with Crippen molar-refractivity contribution >= 4 is 17.8 Å². The van der Waals surface area contributed by atoms with Gasteiger partial charge in [0.1, 0.15) is 5.82 Å². The summed E-state index contributed by atoms with van der Waals surface area (Å²) >= 11 is 0. The fourth-order valence-corrected chi connectivity index (χ4v) is 1.76. The lowest BCUT2D eigenvalue weighted by Gasteiger charge is -2.17. The molecule has 0 saturated carbocycles. The number of carbonyl (C=O) groups excluding carboxylic acids is 1. The maximum atomic E-state index is 11.2. The van der Waals surface area contributed by atoms with Crippen molar-refractivity contribution in [3.05, 3.63) is 11.8 Å². The largest absolute Gasteiger partial charge is 0.349 e. The van der Waals surface area contributed by atoms with Crippen molar-refractivity contribution in [1.82, 2.24) is 15.3 Å². The molecule has 1 aromatic heterocycles. The minimum Gasteiger partial charge on any atom is -0.349 e. The number of hydrogen-bond donors (Lipinski definition) is 3. The summed E-state index contributed by atoms with van der Waals surface area (Å²) in [6.07, 6.45) is 1.41. The van der Waals surface area contributed by atoms with E-state index in [-0.39, 0.29) is 12.3 Å². The van der Waals surface area contributed by atoms with Crippen molar-refractivity contribution in [2.24, 2.45) is 0 Å². The SMILES string of the molecule is O=C1NCc2cnc(NCC3OCCO3)nc2N1. The second-order valence-corrected chi connectivity index (χ2v) is 3.93. The molecule has 0 bridgehead atoms. The summed E-state index contributed by atoms with van der Waals surface area (Å²) in [6.45, 7) is 2.14. The molecule has 18 heavy (non-hydrogen) atoms. The molecule has 2 aliphatic rings. The highest BCUT2D eigenvalue weighted by atomic mass is 16.7. The number of ether oxygens (including phenoxy) is 2. The summed E-state index contributed by atoms with van der Waals surface area (Å²) in [5, 5.41) is 8.28. The topological polar surface area (TPSA) is 97.4 Å². The third-order valence-corrected chi connectivity index (χ3v) is 2.65. The van der Waals surface area contributed by atoms with E-state index in [0.717, 1.165) is 5.56 Å². The molecule has 3 rings (SSSR count). The van der Waals surface area contributed by atoms with E-state index in [1.807, 2.05) is 0 Å². The van der Waals surface area contributed by atoms with Gasteiger partial charge in [0, 0.05) is 18.3 Å². The zero-order chi connectivity index (χ0) is 12.4. The molecule has 0 spiro atoms. The molecule has 2 amide bonds. The van der Waals surface area contributed by atoms with Crippen LogP contribution < -0.4 is 16.0 Å². The number of anilines is 2. The van der Waals surface area contributed by atoms with E-state index in [4.69, 9.17) is 9.47 Å². The van der Waals surface area contributed by atoms with Gasteiger partial charge in [-0.1, -0.05) is 0 Å². The molecule has 8 heteroatoms. The third-order valence-electron chi connectivity index (χ3n) is 2.65.